The predicted molar refractivity (Wildman–Crippen MR) is 125 cm³/mol. The second-order valence-corrected chi connectivity index (χ2v) is 8.37. The van der Waals surface area contributed by atoms with Crippen molar-refractivity contribution in [2.45, 2.75) is 19.0 Å². The molecule has 1 amide bonds. The van der Waals surface area contributed by atoms with E-state index in [9.17, 15) is 4.79 Å². The number of amides is 1. The number of hydrogen-bond donors (Lipinski definition) is 1. The molecule has 0 spiro atoms. The van der Waals surface area contributed by atoms with E-state index in [4.69, 9.17) is 11.6 Å². The van der Waals surface area contributed by atoms with Crippen molar-refractivity contribution in [3.05, 3.63) is 83.0 Å². The number of rotatable bonds is 6. The number of carbonyl (C=O) groups excluding carboxylic acids is 1. The Balaban J connectivity index is 1.59. The van der Waals surface area contributed by atoms with E-state index in [1.54, 1.807) is 18.3 Å². The molecule has 8 heteroatoms. The van der Waals surface area contributed by atoms with Crippen LogP contribution in [0.3, 0.4) is 0 Å². The Hall–Kier alpha value is -3.16. The van der Waals surface area contributed by atoms with E-state index in [0.717, 1.165) is 22.5 Å². The number of anilines is 1. The summed E-state index contributed by atoms with van der Waals surface area (Å²) in [5, 5.41) is 12.9. The molecular formula is C23H20ClN5OS. The van der Waals surface area contributed by atoms with Gasteiger partial charge >= 0.3 is 0 Å². The maximum absolute atomic E-state index is 12.6. The number of benzene rings is 2. The maximum Gasteiger partial charge on any atom is 0.234 e. The lowest BCUT2D eigenvalue weighted by Gasteiger charge is -2.11. The number of aryl methyl sites for hydroxylation is 2. The highest BCUT2D eigenvalue weighted by Crippen LogP contribution is 2.28. The fourth-order valence-corrected chi connectivity index (χ4v) is 3.91. The van der Waals surface area contributed by atoms with Crippen molar-refractivity contribution in [3.63, 3.8) is 0 Å². The van der Waals surface area contributed by atoms with Gasteiger partial charge in [-0.25, -0.2) is 0 Å². The Morgan fingerprint density at radius 2 is 1.87 bits per heavy atom. The number of aromatic nitrogens is 4. The topological polar surface area (TPSA) is 72.7 Å². The molecule has 6 nitrogen and oxygen atoms in total. The number of thioether (sulfide) groups is 1. The maximum atomic E-state index is 12.6. The zero-order valence-corrected chi connectivity index (χ0v) is 18.6. The standard InChI is InChI=1S/C23H20ClN5OS/c1-15-6-7-16(2)20(13-15)26-21(30)14-31-23-28-27-22(19-5-3-4-12-25-19)29(23)18-10-8-17(24)9-11-18/h3-13H,14H2,1-2H3,(H,26,30). The minimum atomic E-state index is -0.108. The minimum Gasteiger partial charge on any atom is -0.325 e. The molecule has 0 bridgehead atoms. The molecule has 0 fully saturated rings. The Morgan fingerprint density at radius 3 is 2.61 bits per heavy atom. The number of nitrogens with zero attached hydrogens (tertiary/aromatic N) is 4. The number of carbonyl (C=O) groups is 1. The Bertz CT molecular complexity index is 1210. The van der Waals surface area contributed by atoms with Crippen LogP contribution < -0.4 is 5.32 Å². The van der Waals surface area contributed by atoms with Gasteiger partial charge in [0.2, 0.25) is 5.91 Å². The average Bonchev–Trinajstić information content (AvgIpc) is 3.20. The third kappa shape index (κ3) is 4.95. The van der Waals surface area contributed by atoms with Crippen molar-refractivity contribution in [1.82, 2.24) is 19.7 Å². The van der Waals surface area contributed by atoms with Gasteiger partial charge in [-0.05, 0) is 67.4 Å². The summed E-state index contributed by atoms with van der Waals surface area (Å²) in [6.07, 6.45) is 1.71. The average molecular weight is 450 g/mol. The van der Waals surface area contributed by atoms with Crippen LogP contribution >= 0.6 is 23.4 Å². The lowest BCUT2D eigenvalue weighted by atomic mass is 10.1. The molecule has 4 aromatic rings. The van der Waals surface area contributed by atoms with Gasteiger partial charge < -0.3 is 5.32 Å². The first kappa shape index (κ1) is 21.1. The fourth-order valence-electron chi connectivity index (χ4n) is 3.03. The van der Waals surface area contributed by atoms with Gasteiger partial charge in [-0.15, -0.1) is 10.2 Å². The van der Waals surface area contributed by atoms with Crippen LogP contribution in [0.25, 0.3) is 17.2 Å². The van der Waals surface area contributed by atoms with Crippen LogP contribution in [-0.4, -0.2) is 31.4 Å². The van der Waals surface area contributed by atoms with Gasteiger partial charge in [-0.1, -0.05) is 41.6 Å². The summed E-state index contributed by atoms with van der Waals surface area (Å²) < 4.78 is 1.88. The van der Waals surface area contributed by atoms with E-state index in [0.29, 0.717) is 21.7 Å². The molecule has 0 unspecified atom stereocenters. The van der Waals surface area contributed by atoms with Gasteiger partial charge in [0.25, 0.3) is 0 Å². The van der Waals surface area contributed by atoms with Crippen molar-refractivity contribution >= 4 is 35.0 Å². The molecule has 0 saturated carbocycles. The molecule has 0 aliphatic carbocycles. The SMILES string of the molecule is Cc1ccc(C)c(NC(=O)CSc2nnc(-c3ccccn3)n2-c2ccc(Cl)cc2)c1. The van der Waals surface area contributed by atoms with Gasteiger partial charge in [0.05, 0.1) is 5.75 Å². The zero-order chi connectivity index (χ0) is 21.8. The third-order valence-electron chi connectivity index (χ3n) is 4.61. The monoisotopic (exact) mass is 449 g/mol. The molecule has 0 aliphatic rings. The molecule has 0 radical (unpaired) electrons. The van der Waals surface area contributed by atoms with Crippen LogP contribution in [0.1, 0.15) is 11.1 Å². The number of halogens is 1. The largest absolute Gasteiger partial charge is 0.325 e. The van der Waals surface area contributed by atoms with Gasteiger partial charge in [-0.3, -0.25) is 14.3 Å². The lowest BCUT2D eigenvalue weighted by molar-refractivity contribution is -0.113. The molecule has 2 heterocycles. The van der Waals surface area contributed by atoms with Crippen molar-refractivity contribution in [2.75, 3.05) is 11.1 Å². The van der Waals surface area contributed by atoms with E-state index in [1.165, 1.54) is 11.8 Å². The lowest BCUT2D eigenvalue weighted by Crippen LogP contribution is -2.15. The summed E-state index contributed by atoms with van der Waals surface area (Å²) in [5.74, 6) is 0.686. The van der Waals surface area contributed by atoms with E-state index >= 15 is 0 Å². The first-order valence-electron chi connectivity index (χ1n) is 9.64. The van der Waals surface area contributed by atoms with Crippen molar-refractivity contribution in [2.24, 2.45) is 0 Å². The van der Waals surface area contributed by atoms with Crippen LogP contribution in [0.4, 0.5) is 5.69 Å². The van der Waals surface area contributed by atoms with E-state index in [2.05, 4.69) is 20.5 Å². The Labute approximate surface area is 189 Å². The second-order valence-electron chi connectivity index (χ2n) is 6.99. The molecule has 0 aliphatic heterocycles. The van der Waals surface area contributed by atoms with E-state index in [1.807, 2.05) is 66.9 Å². The number of pyridine rings is 1. The second kappa shape index (κ2) is 9.32. The summed E-state index contributed by atoms with van der Waals surface area (Å²) in [5.41, 5.74) is 4.46. The van der Waals surface area contributed by atoms with E-state index < -0.39 is 0 Å². The van der Waals surface area contributed by atoms with Gasteiger partial charge in [0.15, 0.2) is 11.0 Å². The zero-order valence-electron chi connectivity index (χ0n) is 17.0. The number of hydrogen-bond acceptors (Lipinski definition) is 5. The molecule has 156 valence electrons. The first-order valence-corrected chi connectivity index (χ1v) is 11.0. The molecule has 4 rings (SSSR count). The van der Waals surface area contributed by atoms with E-state index in [-0.39, 0.29) is 11.7 Å². The highest BCUT2D eigenvalue weighted by atomic mass is 35.5. The summed E-state index contributed by atoms with van der Waals surface area (Å²) in [6, 6.07) is 19.0. The molecule has 31 heavy (non-hydrogen) atoms. The van der Waals surface area contributed by atoms with Gasteiger partial charge in [0.1, 0.15) is 5.69 Å². The smallest absolute Gasteiger partial charge is 0.234 e. The molecule has 0 saturated heterocycles. The van der Waals surface area contributed by atoms with Crippen LogP contribution in [0.15, 0.2) is 72.0 Å². The minimum absolute atomic E-state index is 0.108. The molecule has 2 aromatic heterocycles. The first-order chi connectivity index (χ1) is 15.0. The molecule has 0 atom stereocenters. The summed E-state index contributed by atoms with van der Waals surface area (Å²) in [4.78, 5) is 17.0. The van der Waals surface area contributed by atoms with Crippen molar-refractivity contribution in [1.29, 1.82) is 0 Å². The van der Waals surface area contributed by atoms with Crippen molar-refractivity contribution < 1.29 is 4.79 Å². The fraction of sp³-hybridized carbons (Fsp3) is 0.130. The number of nitrogens with one attached hydrogen (secondary N) is 1. The quantitative estimate of drug-likeness (QED) is 0.403. The van der Waals surface area contributed by atoms with Crippen LogP contribution in [0.2, 0.25) is 5.02 Å². The van der Waals surface area contributed by atoms with Gasteiger partial charge in [0, 0.05) is 22.6 Å². The van der Waals surface area contributed by atoms with Gasteiger partial charge in [-0.2, -0.15) is 0 Å². The summed E-state index contributed by atoms with van der Waals surface area (Å²) in [7, 11) is 0. The molecule has 2 aromatic carbocycles. The highest BCUT2D eigenvalue weighted by Gasteiger charge is 2.18. The Kier molecular flexibility index (Phi) is 6.34. The summed E-state index contributed by atoms with van der Waals surface area (Å²) in [6.45, 7) is 3.97. The third-order valence-corrected chi connectivity index (χ3v) is 5.79. The predicted octanol–water partition coefficient (Wildman–Crippen LogP) is 5.33. The van der Waals surface area contributed by atoms with Crippen LogP contribution in [0, 0.1) is 13.8 Å². The van der Waals surface area contributed by atoms with Crippen molar-refractivity contribution in [3.8, 4) is 17.2 Å². The summed E-state index contributed by atoms with van der Waals surface area (Å²) >= 11 is 7.38. The Morgan fingerprint density at radius 1 is 1.06 bits per heavy atom. The van der Waals surface area contributed by atoms with Crippen LogP contribution in [0.5, 0.6) is 0 Å². The highest BCUT2D eigenvalue weighted by molar-refractivity contribution is 7.99. The van der Waals surface area contributed by atoms with Crippen LogP contribution in [-0.2, 0) is 4.79 Å². The molecule has 1 N–H and O–H groups in total. The normalized spacial score (nSPS) is 10.8. The molecular weight excluding hydrogens is 430 g/mol.